The summed E-state index contributed by atoms with van der Waals surface area (Å²) in [6.45, 7) is 8.32. The van der Waals surface area contributed by atoms with Gasteiger partial charge in [0.1, 0.15) is 16.8 Å². The molecular formula is C21H20N2O. The van der Waals surface area contributed by atoms with Crippen molar-refractivity contribution in [2.45, 2.75) is 27.7 Å². The summed E-state index contributed by atoms with van der Waals surface area (Å²) < 4.78 is 2.03. The van der Waals surface area contributed by atoms with Crippen molar-refractivity contribution in [1.29, 1.82) is 0 Å². The van der Waals surface area contributed by atoms with E-state index in [1.165, 1.54) is 22.3 Å². The third kappa shape index (κ3) is 2.01. The molecule has 0 saturated carbocycles. The van der Waals surface area contributed by atoms with Crippen LogP contribution in [0.5, 0.6) is 5.75 Å². The number of hydrogen-bond donors (Lipinski definition) is 1. The average Bonchev–Trinajstić information content (AvgIpc) is 2.81. The third-order valence-corrected chi connectivity index (χ3v) is 4.62. The van der Waals surface area contributed by atoms with E-state index in [9.17, 15) is 5.11 Å². The SMILES string of the molecule is Cc1cc(C)c(-c2c3nc(C)cc(O)c3n3ccccc23)c(C)c1. The van der Waals surface area contributed by atoms with Crippen LogP contribution < -0.4 is 0 Å². The molecule has 0 aliphatic carbocycles. The second kappa shape index (κ2) is 5.10. The lowest BCUT2D eigenvalue weighted by atomic mass is 9.93. The van der Waals surface area contributed by atoms with Crippen LogP contribution in [-0.2, 0) is 0 Å². The molecule has 0 atom stereocenters. The molecule has 3 aromatic heterocycles. The second-order valence-corrected chi connectivity index (χ2v) is 6.58. The first-order valence-corrected chi connectivity index (χ1v) is 8.15. The minimum absolute atomic E-state index is 0.271. The van der Waals surface area contributed by atoms with Crippen molar-refractivity contribution in [1.82, 2.24) is 9.38 Å². The minimum Gasteiger partial charge on any atom is -0.506 e. The Labute approximate surface area is 141 Å². The van der Waals surface area contributed by atoms with E-state index in [0.29, 0.717) is 0 Å². The summed E-state index contributed by atoms with van der Waals surface area (Å²) in [5, 5.41) is 10.5. The van der Waals surface area contributed by atoms with Crippen LogP contribution in [0.15, 0.2) is 42.6 Å². The molecule has 120 valence electrons. The maximum absolute atomic E-state index is 10.5. The van der Waals surface area contributed by atoms with E-state index in [1.54, 1.807) is 6.07 Å². The molecule has 3 heterocycles. The van der Waals surface area contributed by atoms with Gasteiger partial charge in [0, 0.05) is 23.5 Å². The molecule has 0 radical (unpaired) electrons. The van der Waals surface area contributed by atoms with E-state index >= 15 is 0 Å². The Morgan fingerprint density at radius 3 is 2.33 bits per heavy atom. The first-order valence-electron chi connectivity index (χ1n) is 8.15. The van der Waals surface area contributed by atoms with E-state index in [2.05, 4.69) is 39.0 Å². The number of aryl methyl sites for hydroxylation is 4. The minimum atomic E-state index is 0.271. The van der Waals surface area contributed by atoms with Crippen molar-refractivity contribution < 1.29 is 5.11 Å². The summed E-state index contributed by atoms with van der Waals surface area (Å²) in [5.41, 5.74) is 9.53. The summed E-state index contributed by atoms with van der Waals surface area (Å²) in [5.74, 6) is 0.271. The molecule has 0 fully saturated rings. The van der Waals surface area contributed by atoms with Crippen LogP contribution in [-0.4, -0.2) is 14.5 Å². The zero-order valence-corrected chi connectivity index (χ0v) is 14.4. The lowest BCUT2D eigenvalue weighted by molar-refractivity contribution is 0.479. The van der Waals surface area contributed by atoms with Crippen molar-refractivity contribution in [2.75, 3.05) is 0 Å². The number of aromatic hydroxyl groups is 1. The largest absolute Gasteiger partial charge is 0.506 e. The molecule has 0 unspecified atom stereocenters. The molecule has 0 saturated heterocycles. The van der Waals surface area contributed by atoms with E-state index in [0.717, 1.165) is 27.8 Å². The van der Waals surface area contributed by atoms with Crippen molar-refractivity contribution in [3.05, 3.63) is 65.0 Å². The fourth-order valence-corrected chi connectivity index (χ4v) is 3.84. The molecule has 1 aromatic carbocycles. The van der Waals surface area contributed by atoms with E-state index in [4.69, 9.17) is 4.98 Å². The van der Waals surface area contributed by atoms with Gasteiger partial charge in [-0.25, -0.2) is 0 Å². The number of pyridine rings is 2. The van der Waals surface area contributed by atoms with Crippen molar-refractivity contribution in [3.8, 4) is 16.9 Å². The van der Waals surface area contributed by atoms with Gasteiger partial charge in [0.25, 0.3) is 0 Å². The van der Waals surface area contributed by atoms with Crippen molar-refractivity contribution in [2.24, 2.45) is 0 Å². The van der Waals surface area contributed by atoms with E-state index in [-0.39, 0.29) is 5.75 Å². The van der Waals surface area contributed by atoms with Gasteiger partial charge in [0.2, 0.25) is 0 Å². The molecule has 4 aromatic rings. The highest BCUT2D eigenvalue weighted by molar-refractivity contribution is 6.06. The topological polar surface area (TPSA) is 37.5 Å². The molecule has 1 N–H and O–H groups in total. The molecule has 0 bridgehead atoms. The van der Waals surface area contributed by atoms with Crippen LogP contribution in [0.25, 0.3) is 27.7 Å². The normalized spacial score (nSPS) is 11.5. The monoisotopic (exact) mass is 316 g/mol. The maximum atomic E-state index is 10.5. The number of aromatic nitrogens is 2. The van der Waals surface area contributed by atoms with Gasteiger partial charge in [-0.15, -0.1) is 0 Å². The summed E-state index contributed by atoms with van der Waals surface area (Å²) in [6.07, 6.45) is 1.98. The molecule has 0 amide bonds. The molecule has 0 aliphatic heterocycles. The van der Waals surface area contributed by atoms with E-state index < -0.39 is 0 Å². The highest BCUT2D eigenvalue weighted by Crippen LogP contribution is 2.40. The molecule has 4 rings (SSSR count). The first kappa shape index (κ1) is 14.8. The standard InChI is InChI=1S/C21H20N2O/c1-12-9-13(2)18(14(3)10-12)19-16-7-5-6-8-23(16)21-17(24)11-15(4)22-20(19)21/h5-11H,1-4H3,(H,22,24). The first-order chi connectivity index (χ1) is 11.5. The van der Waals surface area contributed by atoms with Crippen LogP contribution in [0.4, 0.5) is 0 Å². The van der Waals surface area contributed by atoms with Gasteiger partial charge >= 0.3 is 0 Å². The molecule has 3 heteroatoms. The zero-order chi connectivity index (χ0) is 17.0. The predicted molar refractivity (Wildman–Crippen MR) is 98.7 cm³/mol. The fraction of sp³-hybridized carbons (Fsp3) is 0.190. The Hall–Kier alpha value is -2.81. The van der Waals surface area contributed by atoms with Gasteiger partial charge in [-0.3, -0.25) is 4.98 Å². The average molecular weight is 316 g/mol. The summed E-state index contributed by atoms with van der Waals surface area (Å²) in [7, 11) is 0. The van der Waals surface area contributed by atoms with Gasteiger partial charge in [0.15, 0.2) is 0 Å². The number of hydrogen-bond acceptors (Lipinski definition) is 2. The van der Waals surface area contributed by atoms with Gasteiger partial charge in [0.05, 0.1) is 5.52 Å². The molecule has 0 spiro atoms. The molecule has 24 heavy (non-hydrogen) atoms. The Balaban J connectivity index is 2.27. The Morgan fingerprint density at radius 1 is 0.917 bits per heavy atom. The summed E-state index contributed by atoms with van der Waals surface area (Å²) in [6, 6.07) is 12.2. The maximum Gasteiger partial charge on any atom is 0.143 e. The fourth-order valence-electron chi connectivity index (χ4n) is 3.84. The quantitative estimate of drug-likeness (QED) is 0.531. The Bertz CT molecular complexity index is 1080. The van der Waals surface area contributed by atoms with E-state index in [1.807, 2.05) is 29.7 Å². The number of nitrogens with zero attached hydrogens (tertiary/aromatic N) is 2. The predicted octanol–water partition coefficient (Wildman–Crippen LogP) is 5.09. The number of rotatable bonds is 1. The Morgan fingerprint density at radius 2 is 1.62 bits per heavy atom. The highest BCUT2D eigenvalue weighted by Gasteiger charge is 2.20. The second-order valence-electron chi connectivity index (χ2n) is 6.58. The van der Waals surface area contributed by atoms with Gasteiger partial charge in [-0.1, -0.05) is 23.8 Å². The van der Waals surface area contributed by atoms with Crippen LogP contribution >= 0.6 is 0 Å². The van der Waals surface area contributed by atoms with Crippen LogP contribution in [0.3, 0.4) is 0 Å². The van der Waals surface area contributed by atoms with Gasteiger partial charge in [-0.05, 0) is 56.5 Å². The van der Waals surface area contributed by atoms with Crippen LogP contribution in [0, 0.1) is 27.7 Å². The third-order valence-electron chi connectivity index (χ3n) is 4.62. The number of fused-ring (bicyclic) bond motifs is 3. The molecular weight excluding hydrogens is 296 g/mol. The summed E-state index contributed by atoms with van der Waals surface area (Å²) in [4.78, 5) is 4.77. The highest BCUT2D eigenvalue weighted by atomic mass is 16.3. The Kier molecular flexibility index (Phi) is 3.14. The van der Waals surface area contributed by atoms with Crippen LogP contribution in [0.2, 0.25) is 0 Å². The molecule has 3 nitrogen and oxygen atoms in total. The summed E-state index contributed by atoms with van der Waals surface area (Å²) >= 11 is 0. The number of benzene rings is 1. The van der Waals surface area contributed by atoms with Crippen LogP contribution in [0.1, 0.15) is 22.4 Å². The van der Waals surface area contributed by atoms with Crippen molar-refractivity contribution >= 4 is 16.6 Å². The zero-order valence-electron chi connectivity index (χ0n) is 14.4. The smallest absolute Gasteiger partial charge is 0.143 e. The van der Waals surface area contributed by atoms with Gasteiger partial charge in [-0.2, -0.15) is 0 Å². The van der Waals surface area contributed by atoms with Gasteiger partial charge < -0.3 is 9.51 Å². The lowest BCUT2D eigenvalue weighted by Gasteiger charge is -2.11. The molecule has 0 aliphatic rings. The lowest BCUT2D eigenvalue weighted by Crippen LogP contribution is -1.91. The van der Waals surface area contributed by atoms with Crippen molar-refractivity contribution in [3.63, 3.8) is 0 Å².